The number of pyridine rings is 1. The minimum Gasteiger partial charge on any atom is -0.398 e. The Bertz CT molecular complexity index is 769. The second-order valence-corrected chi connectivity index (χ2v) is 4.68. The highest BCUT2D eigenvalue weighted by atomic mass is 35.5. The molecule has 5 nitrogen and oxygen atoms in total. The molecule has 100 valence electrons. The van der Waals surface area contributed by atoms with Crippen LogP contribution >= 0.6 is 11.6 Å². The maximum atomic E-state index is 6.07. The van der Waals surface area contributed by atoms with Crippen LogP contribution in [0.2, 0.25) is 5.02 Å². The molecule has 0 aliphatic rings. The van der Waals surface area contributed by atoms with Crippen molar-refractivity contribution in [2.75, 3.05) is 5.73 Å². The lowest BCUT2D eigenvalue weighted by Gasteiger charge is -2.03. The fourth-order valence-corrected chi connectivity index (χ4v) is 2.07. The van der Waals surface area contributed by atoms with Gasteiger partial charge in [0.15, 0.2) is 0 Å². The summed E-state index contributed by atoms with van der Waals surface area (Å²) in [5, 5.41) is 4.40. The number of benzene rings is 1. The van der Waals surface area contributed by atoms with Crippen molar-refractivity contribution in [1.29, 1.82) is 0 Å². The van der Waals surface area contributed by atoms with Gasteiger partial charge < -0.3 is 10.3 Å². The lowest BCUT2D eigenvalue weighted by atomic mass is 10.1. The largest absolute Gasteiger partial charge is 0.398 e. The van der Waals surface area contributed by atoms with Gasteiger partial charge >= 0.3 is 0 Å². The number of nitrogens with two attached hydrogens (primary N) is 1. The highest BCUT2D eigenvalue weighted by molar-refractivity contribution is 6.32. The summed E-state index contributed by atoms with van der Waals surface area (Å²) in [5.74, 6) is 0.749. The highest BCUT2D eigenvalue weighted by Crippen LogP contribution is 2.28. The molecule has 6 heteroatoms. The molecule has 1 aromatic carbocycles. The van der Waals surface area contributed by atoms with E-state index in [1.165, 1.54) is 0 Å². The summed E-state index contributed by atoms with van der Waals surface area (Å²) in [5.41, 5.74) is 8.75. The van der Waals surface area contributed by atoms with Gasteiger partial charge in [-0.2, -0.15) is 4.98 Å². The van der Waals surface area contributed by atoms with Gasteiger partial charge in [-0.3, -0.25) is 4.98 Å². The second kappa shape index (κ2) is 4.94. The Morgan fingerprint density at radius 2 is 2.05 bits per heavy atom. The molecule has 0 fully saturated rings. The van der Waals surface area contributed by atoms with Gasteiger partial charge in [-0.25, -0.2) is 0 Å². The quantitative estimate of drug-likeness (QED) is 0.731. The van der Waals surface area contributed by atoms with Crippen molar-refractivity contribution < 1.29 is 4.52 Å². The van der Waals surface area contributed by atoms with Crippen molar-refractivity contribution in [1.82, 2.24) is 15.1 Å². The third kappa shape index (κ3) is 2.12. The smallest absolute Gasteiger partial charge is 0.258 e. The van der Waals surface area contributed by atoms with E-state index in [1.54, 1.807) is 18.3 Å². The Balaban J connectivity index is 2.07. The molecule has 0 aliphatic heterocycles. The van der Waals surface area contributed by atoms with Crippen LogP contribution in [0.3, 0.4) is 0 Å². The minimum absolute atomic E-state index is 0.354. The highest BCUT2D eigenvalue weighted by Gasteiger charge is 2.15. The van der Waals surface area contributed by atoms with Gasteiger partial charge in [-0.05, 0) is 36.8 Å². The van der Waals surface area contributed by atoms with Crippen LogP contribution in [0, 0.1) is 6.92 Å². The van der Waals surface area contributed by atoms with E-state index in [0.29, 0.717) is 28.1 Å². The van der Waals surface area contributed by atoms with E-state index < -0.39 is 0 Å². The number of halogens is 1. The zero-order chi connectivity index (χ0) is 14.1. The van der Waals surface area contributed by atoms with Crippen LogP contribution in [0.4, 0.5) is 5.69 Å². The summed E-state index contributed by atoms with van der Waals surface area (Å²) >= 11 is 6.07. The Morgan fingerprint density at radius 1 is 1.20 bits per heavy atom. The molecule has 3 rings (SSSR count). The first kappa shape index (κ1) is 12.6. The van der Waals surface area contributed by atoms with E-state index in [2.05, 4.69) is 15.1 Å². The molecular formula is C14H11ClN4O. The van der Waals surface area contributed by atoms with Gasteiger partial charge in [0, 0.05) is 17.4 Å². The third-order valence-corrected chi connectivity index (χ3v) is 3.31. The molecule has 0 radical (unpaired) electrons. The van der Waals surface area contributed by atoms with E-state index in [-0.39, 0.29) is 0 Å². The van der Waals surface area contributed by atoms with E-state index in [1.807, 2.05) is 25.1 Å². The van der Waals surface area contributed by atoms with Crippen molar-refractivity contribution in [2.24, 2.45) is 0 Å². The predicted octanol–water partition coefficient (Wildman–Crippen LogP) is 3.34. The normalized spacial score (nSPS) is 10.7. The van der Waals surface area contributed by atoms with Crippen LogP contribution < -0.4 is 5.73 Å². The Morgan fingerprint density at radius 3 is 2.85 bits per heavy atom. The number of rotatable bonds is 2. The van der Waals surface area contributed by atoms with E-state index in [0.717, 1.165) is 11.1 Å². The van der Waals surface area contributed by atoms with Crippen LogP contribution in [0.1, 0.15) is 5.56 Å². The predicted molar refractivity (Wildman–Crippen MR) is 77.1 cm³/mol. The molecule has 20 heavy (non-hydrogen) atoms. The first-order valence-electron chi connectivity index (χ1n) is 5.97. The van der Waals surface area contributed by atoms with Gasteiger partial charge in [-0.1, -0.05) is 22.8 Å². The molecule has 0 amide bonds. The zero-order valence-corrected chi connectivity index (χ0v) is 11.4. The standard InChI is InChI=1S/C14H11ClN4O/c1-8-9(4-2-6-11(8)16)14-18-13(19-20-14)12-10(15)5-3-7-17-12/h2-7H,16H2,1H3. The topological polar surface area (TPSA) is 77.8 Å². The molecule has 0 bridgehead atoms. The lowest BCUT2D eigenvalue weighted by Crippen LogP contribution is -1.92. The Hall–Kier alpha value is -2.40. The molecule has 3 aromatic rings. The van der Waals surface area contributed by atoms with Gasteiger partial charge in [0.25, 0.3) is 5.89 Å². The van der Waals surface area contributed by atoms with E-state index in [9.17, 15) is 0 Å². The number of nitrogen functional groups attached to an aromatic ring is 1. The molecule has 0 aliphatic carbocycles. The Labute approximate surface area is 120 Å². The van der Waals surface area contributed by atoms with Crippen LogP contribution in [0.25, 0.3) is 23.0 Å². The molecule has 2 N–H and O–H groups in total. The third-order valence-electron chi connectivity index (χ3n) is 3.00. The fraction of sp³-hybridized carbons (Fsp3) is 0.0714. The van der Waals surface area contributed by atoms with Crippen molar-refractivity contribution in [2.45, 2.75) is 6.92 Å². The van der Waals surface area contributed by atoms with Crippen LogP contribution in [-0.4, -0.2) is 15.1 Å². The van der Waals surface area contributed by atoms with Crippen LogP contribution in [0.15, 0.2) is 41.1 Å². The van der Waals surface area contributed by atoms with E-state index in [4.69, 9.17) is 21.9 Å². The van der Waals surface area contributed by atoms with Crippen molar-refractivity contribution in [3.8, 4) is 23.0 Å². The molecule has 2 heterocycles. The summed E-state index contributed by atoms with van der Waals surface area (Å²) in [6, 6.07) is 9.02. The first-order chi connectivity index (χ1) is 9.66. The second-order valence-electron chi connectivity index (χ2n) is 4.28. The molecule has 0 saturated carbocycles. The van der Waals surface area contributed by atoms with Gasteiger partial charge in [0.05, 0.1) is 5.02 Å². The first-order valence-corrected chi connectivity index (χ1v) is 6.34. The number of aromatic nitrogens is 3. The van der Waals surface area contributed by atoms with Crippen LogP contribution in [-0.2, 0) is 0 Å². The Kier molecular flexibility index (Phi) is 3.12. The lowest BCUT2D eigenvalue weighted by molar-refractivity contribution is 0.432. The van der Waals surface area contributed by atoms with Crippen molar-refractivity contribution >= 4 is 17.3 Å². The summed E-state index contributed by atoms with van der Waals surface area (Å²) in [4.78, 5) is 8.49. The maximum Gasteiger partial charge on any atom is 0.258 e. The van der Waals surface area contributed by atoms with E-state index >= 15 is 0 Å². The van der Waals surface area contributed by atoms with Gasteiger partial charge in [-0.15, -0.1) is 0 Å². The minimum atomic E-state index is 0.354. The average molecular weight is 287 g/mol. The molecule has 0 saturated heterocycles. The number of nitrogens with zero attached hydrogens (tertiary/aromatic N) is 3. The number of hydrogen-bond acceptors (Lipinski definition) is 5. The SMILES string of the molecule is Cc1c(N)cccc1-c1nc(-c2ncccc2Cl)no1. The van der Waals surface area contributed by atoms with Crippen molar-refractivity contribution in [3.05, 3.63) is 47.1 Å². The molecule has 2 aromatic heterocycles. The fourth-order valence-electron chi connectivity index (χ4n) is 1.86. The molecule has 0 unspecified atom stereocenters. The molecular weight excluding hydrogens is 276 g/mol. The summed E-state index contributed by atoms with van der Waals surface area (Å²) in [6.45, 7) is 1.91. The zero-order valence-electron chi connectivity index (χ0n) is 10.7. The monoisotopic (exact) mass is 286 g/mol. The summed E-state index contributed by atoms with van der Waals surface area (Å²) in [6.07, 6.45) is 1.63. The van der Waals surface area contributed by atoms with Crippen LogP contribution in [0.5, 0.6) is 0 Å². The molecule has 0 atom stereocenters. The van der Waals surface area contributed by atoms with Crippen molar-refractivity contribution in [3.63, 3.8) is 0 Å². The summed E-state index contributed by atoms with van der Waals surface area (Å²) in [7, 11) is 0. The maximum absolute atomic E-state index is 6.07. The average Bonchev–Trinajstić information content (AvgIpc) is 2.92. The molecule has 0 spiro atoms. The number of anilines is 1. The van der Waals surface area contributed by atoms with Gasteiger partial charge in [0.2, 0.25) is 5.82 Å². The summed E-state index contributed by atoms with van der Waals surface area (Å²) < 4.78 is 5.28. The number of hydrogen-bond donors (Lipinski definition) is 1. The van der Waals surface area contributed by atoms with Gasteiger partial charge in [0.1, 0.15) is 5.69 Å².